The highest BCUT2D eigenvalue weighted by Crippen LogP contribution is 2.47. The molecular weight excluding hydrogens is 600 g/mol. The topological polar surface area (TPSA) is 99.7 Å². The van der Waals surface area contributed by atoms with E-state index in [-0.39, 0.29) is 36.5 Å². The van der Waals surface area contributed by atoms with Gasteiger partial charge in [-0.3, -0.25) is 13.9 Å². The largest absolute Gasteiger partial charge is 0.490 e. The van der Waals surface area contributed by atoms with Crippen molar-refractivity contribution < 1.29 is 23.0 Å². The number of methoxy groups -OCH3 is 1. The molecule has 1 aromatic carbocycles. The molecule has 1 aliphatic rings. The highest BCUT2D eigenvalue weighted by Gasteiger charge is 2.31. The molecule has 6 heterocycles. The Bertz CT molecular complexity index is 2100. The van der Waals surface area contributed by atoms with Crippen molar-refractivity contribution in [1.82, 2.24) is 34.3 Å². The molecule has 1 atom stereocenters. The second-order valence-corrected chi connectivity index (χ2v) is 11.5. The molecule has 0 bridgehead atoms. The minimum Gasteiger partial charge on any atom is -0.490 e. The summed E-state index contributed by atoms with van der Waals surface area (Å²) in [7, 11) is 1.52. The van der Waals surface area contributed by atoms with Gasteiger partial charge < -0.3 is 14.4 Å². The van der Waals surface area contributed by atoms with E-state index in [9.17, 15) is 9.18 Å². The predicted molar refractivity (Wildman–Crippen MR) is 166 cm³/mol. The van der Waals surface area contributed by atoms with Gasteiger partial charge in [0, 0.05) is 53.2 Å². The molecule has 1 aliphatic heterocycles. The van der Waals surface area contributed by atoms with Crippen molar-refractivity contribution in [3.8, 4) is 39.5 Å². The van der Waals surface area contributed by atoms with Crippen molar-refractivity contribution in [1.29, 1.82) is 0 Å². The van der Waals surface area contributed by atoms with E-state index in [1.807, 2.05) is 47.4 Å². The monoisotopic (exact) mass is 627 g/mol. The zero-order valence-electron chi connectivity index (χ0n) is 24.4. The molecule has 13 heteroatoms. The van der Waals surface area contributed by atoms with Crippen LogP contribution in [0.15, 0.2) is 67.0 Å². The van der Waals surface area contributed by atoms with Gasteiger partial charge in [0.25, 0.3) is 0 Å². The maximum Gasteiger partial charge on any atom is 0.246 e. The summed E-state index contributed by atoms with van der Waals surface area (Å²) in [6.45, 7) is 6.80. The number of halogens is 2. The SMILES string of the molecule is C=CC(=O)N1CCn2nc(-c3nc(-c4ccc5nncn5c4)c4ccsc4c3-c3c(F)cc(F)cc3OCCOC)cc2C1C. The molecule has 0 spiro atoms. The molecule has 0 radical (unpaired) electrons. The molecule has 228 valence electrons. The van der Waals surface area contributed by atoms with Crippen LogP contribution in [0.3, 0.4) is 0 Å². The molecule has 0 N–H and O–H groups in total. The maximum atomic E-state index is 16.0. The van der Waals surface area contributed by atoms with Crippen LogP contribution in [0.5, 0.6) is 5.75 Å². The van der Waals surface area contributed by atoms with Gasteiger partial charge in [-0.15, -0.1) is 21.5 Å². The van der Waals surface area contributed by atoms with Crippen LogP contribution in [0.1, 0.15) is 18.7 Å². The number of fused-ring (bicyclic) bond motifs is 3. The first-order chi connectivity index (χ1) is 21.9. The number of aromatic nitrogens is 6. The summed E-state index contributed by atoms with van der Waals surface area (Å²) in [5.41, 5.74) is 4.29. The van der Waals surface area contributed by atoms with Gasteiger partial charge in [-0.2, -0.15) is 5.10 Å². The Labute approximate surface area is 260 Å². The van der Waals surface area contributed by atoms with Gasteiger partial charge in [0.15, 0.2) is 5.65 Å². The lowest BCUT2D eigenvalue weighted by Crippen LogP contribution is -2.40. The molecule has 0 saturated heterocycles. The van der Waals surface area contributed by atoms with Gasteiger partial charge in [-0.1, -0.05) is 6.58 Å². The Balaban J connectivity index is 1.50. The molecule has 45 heavy (non-hydrogen) atoms. The number of thiophene rings is 1. The smallest absolute Gasteiger partial charge is 0.246 e. The van der Waals surface area contributed by atoms with Crippen LogP contribution in [-0.2, 0) is 16.1 Å². The lowest BCUT2D eigenvalue weighted by Gasteiger charge is -2.33. The summed E-state index contributed by atoms with van der Waals surface area (Å²) in [5, 5.41) is 15.7. The van der Waals surface area contributed by atoms with Crippen molar-refractivity contribution in [2.75, 3.05) is 26.9 Å². The van der Waals surface area contributed by atoms with Gasteiger partial charge in [0.1, 0.15) is 41.7 Å². The van der Waals surface area contributed by atoms with E-state index in [0.717, 1.165) is 27.4 Å². The van der Waals surface area contributed by atoms with Crippen LogP contribution in [0.25, 0.3) is 49.5 Å². The molecule has 10 nitrogen and oxygen atoms in total. The second kappa shape index (κ2) is 11.5. The molecule has 1 amide bonds. The van der Waals surface area contributed by atoms with Gasteiger partial charge in [0.2, 0.25) is 5.91 Å². The van der Waals surface area contributed by atoms with Crippen molar-refractivity contribution in [3.63, 3.8) is 0 Å². The Hall–Kier alpha value is -5.01. The van der Waals surface area contributed by atoms with Crippen LogP contribution in [0.2, 0.25) is 0 Å². The third-order valence-electron chi connectivity index (χ3n) is 7.95. The average molecular weight is 628 g/mol. The second-order valence-electron chi connectivity index (χ2n) is 10.6. The minimum absolute atomic E-state index is 0.0288. The fourth-order valence-electron chi connectivity index (χ4n) is 5.81. The Morgan fingerprint density at radius 3 is 2.82 bits per heavy atom. The summed E-state index contributed by atoms with van der Waals surface area (Å²) in [6.07, 6.45) is 4.79. The number of carbonyl (C=O) groups excluding carboxylic acids is 1. The summed E-state index contributed by atoms with van der Waals surface area (Å²) < 4.78 is 46.0. The van der Waals surface area contributed by atoms with E-state index in [1.54, 1.807) is 15.6 Å². The number of carbonyl (C=O) groups is 1. The molecule has 5 aromatic heterocycles. The predicted octanol–water partition coefficient (Wildman–Crippen LogP) is 5.93. The lowest BCUT2D eigenvalue weighted by atomic mass is 9.96. The highest BCUT2D eigenvalue weighted by molar-refractivity contribution is 7.18. The molecule has 0 aliphatic carbocycles. The molecule has 0 fully saturated rings. The van der Waals surface area contributed by atoms with Crippen molar-refractivity contribution in [2.24, 2.45) is 0 Å². The molecule has 1 unspecified atom stereocenters. The number of pyridine rings is 2. The first-order valence-corrected chi connectivity index (χ1v) is 15.1. The van der Waals surface area contributed by atoms with E-state index in [4.69, 9.17) is 19.6 Å². The van der Waals surface area contributed by atoms with E-state index in [2.05, 4.69) is 16.8 Å². The summed E-state index contributed by atoms with van der Waals surface area (Å²) >= 11 is 1.41. The highest BCUT2D eigenvalue weighted by atomic mass is 32.1. The summed E-state index contributed by atoms with van der Waals surface area (Å²) in [6, 6.07) is 9.28. The Morgan fingerprint density at radius 2 is 2.00 bits per heavy atom. The Morgan fingerprint density at radius 1 is 1.13 bits per heavy atom. The zero-order chi connectivity index (χ0) is 31.2. The van der Waals surface area contributed by atoms with Crippen molar-refractivity contribution in [3.05, 3.63) is 84.3 Å². The van der Waals surface area contributed by atoms with Crippen molar-refractivity contribution in [2.45, 2.75) is 19.5 Å². The van der Waals surface area contributed by atoms with Gasteiger partial charge in [-0.05, 0) is 42.6 Å². The number of rotatable bonds is 8. The Kier molecular flexibility index (Phi) is 7.34. The zero-order valence-corrected chi connectivity index (χ0v) is 25.2. The van der Waals surface area contributed by atoms with Gasteiger partial charge >= 0.3 is 0 Å². The number of ether oxygens (including phenoxy) is 2. The lowest BCUT2D eigenvalue weighted by molar-refractivity contribution is -0.129. The number of benzene rings is 1. The molecule has 0 saturated carbocycles. The minimum atomic E-state index is -0.793. The summed E-state index contributed by atoms with van der Waals surface area (Å²) in [4.78, 5) is 19.5. The number of nitrogens with zero attached hydrogens (tertiary/aromatic N) is 7. The normalized spacial score (nSPS) is 14.7. The van der Waals surface area contributed by atoms with Gasteiger partial charge in [-0.25, -0.2) is 13.8 Å². The number of hydrogen-bond acceptors (Lipinski definition) is 8. The van der Waals surface area contributed by atoms with E-state index in [1.165, 1.54) is 30.6 Å². The fraction of sp³-hybridized carbons (Fsp3) is 0.219. The van der Waals surface area contributed by atoms with E-state index < -0.39 is 11.6 Å². The van der Waals surface area contributed by atoms with Crippen LogP contribution in [0, 0.1) is 11.6 Å². The molecule has 7 rings (SSSR count). The number of hydrogen-bond donors (Lipinski definition) is 0. The van der Waals surface area contributed by atoms with Crippen LogP contribution in [-0.4, -0.2) is 67.0 Å². The maximum absolute atomic E-state index is 16.0. The van der Waals surface area contributed by atoms with E-state index >= 15 is 4.39 Å². The fourth-order valence-corrected chi connectivity index (χ4v) is 6.76. The standard InChI is InChI=1S/C32H27F2N7O3S/c1-4-27(42)40-8-9-41-24(18(40)2)15-23(38-41)31-29(28-22(34)13-20(33)14-25(28)44-11-10-43-3)32-21(7-12-45-32)30(36-31)19-5-6-26-37-35-17-39(26)16-19/h4-7,12-18H,1,8-11H2,2-3H3. The summed E-state index contributed by atoms with van der Waals surface area (Å²) in [5.74, 6) is -1.70. The third kappa shape index (κ3) is 4.93. The molecule has 6 aromatic rings. The van der Waals surface area contributed by atoms with Crippen molar-refractivity contribution >= 4 is 33.0 Å². The first kappa shape index (κ1) is 28.7. The first-order valence-electron chi connectivity index (χ1n) is 14.2. The average Bonchev–Trinajstić information content (AvgIpc) is 3.80. The quantitative estimate of drug-likeness (QED) is 0.152. The third-order valence-corrected chi connectivity index (χ3v) is 8.88. The van der Waals surface area contributed by atoms with Crippen LogP contribution in [0.4, 0.5) is 8.78 Å². The molecular formula is C32H27F2N7O3S. The van der Waals surface area contributed by atoms with Gasteiger partial charge in [0.05, 0.1) is 36.1 Å². The number of amides is 1. The van der Waals surface area contributed by atoms with Crippen LogP contribution >= 0.6 is 11.3 Å². The van der Waals surface area contributed by atoms with Crippen LogP contribution < -0.4 is 4.74 Å². The van der Waals surface area contributed by atoms with E-state index in [0.29, 0.717) is 41.4 Å².